The van der Waals surface area contributed by atoms with Crippen LogP contribution < -0.4 is 5.32 Å². The molecule has 1 N–H and O–H groups in total. The van der Waals surface area contributed by atoms with Gasteiger partial charge in [-0.05, 0) is 60.7 Å². The molecular weight excluding hydrogens is 268 g/mol. The number of hydrogen-bond acceptors (Lipinski definition) is 1. The first-order valence-corrected chi connectivity index (χ1v) is 7.38. The number of rotatable bonds is 2. The Kier molecular flexibility index (Phi) is 4.02. The van der Waals surface area contributed by atoms with Crippen LogP contribution in [0.5, 0.6) is 0 Å². The lowest BCUT2D eigenvalue weighted by Gasteiger charge is -2.34. The first-order valence-electron chi connectivity index (χ1n) is 7.38. The second-order valence-corrected chi connectivity index (χ2v) is 5.73. The monoisotopic (exact) mass is 287 g/mol. The van der Waals surface area contributed by atoms with E-state index in [1.165, 1.54) is 12.1 Å². The number of halogens is 2. The summed E-state index contributed by atoms with van der Waals surface area (Å²) in [7, 11) is 0. The zero-order valence-electron chi connectivity index (χ0n) is 12.1. The van der Waals surface area contributed by atoms with Crippen LogP contribution in [0.25, 0.3) is 0 Å². The predicted molar refractivity (Wildman–Crippen MR) is 80.5 cm³/mol. The van der Waals surface area contributed by atoms with Gasteiger partial charge in [0.05, 0.1) is 0 Å². The van der Waals surface area contributed by atoms with E-state index in [0.717, 1.165) is 36.2 Å². The molecule has 1 saturated heterocycles. The number of nitrogens with one attached hydrogen (secondary N) is 1. The summed E-state index contributed by atoms with van der Waals surface area (Å²) in [5.41, 5.74) is 2.80. The molecule has 0 saturated carbocycles. The minimum absolute atomic E-state index is 0.0421. The van der Waals surface area contributed by atoms with Crippen molar-refractivity contribution >= 4 is 0 Å². The standard InChI is InChI=1S/C18H19F2N/c1-12-6-7-13(19)10-16(12)14-8-9-21-11-17(14)15-4-2-3-5-18(15)20/h2-7,10,14,17,21H,8-9,11H2,1H3. The summed E-state index contributed by atoms with van der Waals surface area (Å²) in [6.07, 6.45) is 0.892. The van der Waals surface area contributed by atoms with Gasteiger partial charge in [0.25, 0.3) is 0 Å². The Balaban J connectivity index is 2.02. The fourth-order valence-corrected chi connectivity index (χ4v) is 3.34. The Hall–Kier alpha value is -1.74. The normalized spacial score (nSPS) is 22.2. The van der Waals surface area contributed by atoms with Gasteiger partial charge in [0, 0.05) is 12.5 Å². The van der Waals surface area contributed by atoms with Gasteiger partial charge in [-0.2, -0.15) is 0 Å². The van der Waals surface area contributed by atoms with Crippen LogP contribution in [0.1, 0.15) is 34.9 Å². The average molecular weight is 287 g/mol. The first kappa shape index (κ1) is 14.2. The summed E-state index contributed by atoms with van der Waals surface area (Å²) in [5, 5.41) is 3.33. The number of piperidine rings is 1. The van der Waals surface area contributed by atoms with Crippen LogP contribution in [0.15, 0.2) is 42.5 Å². The van der Waals surface area contributed by atoms with Gasteiger partial charge in [-0.15, -0.1) is 0 Å². The fraction of sp³-hybridized carbons (Fsp3) is 0.333. The molecule has 21 heavy (non-hydrogen) atoms. The van der Waals surface area contributed by atoms with Crippen molar-refractivity contribution in [2.24, 2.45) is 0 Å². The predicted octanol–water partition coefficient (Wildman–Crippen LogP) is 4.13. The number of hydrogen-bond donors (Lipinski definition) is 1. The van der Waals surface area contributed by atoms with E-state index in [2.05, 4.69) is 5.32 Å². The van der Waals surface area contributed by atoms with E-state index in [0.29, 0.717) is 0 Å². The van der Waals surface area contributed by atoms with Crippen LogP contribution in [0, 0.1) is 18.6 Å². The number of benzene rings is 2. The van der Waals surface area contributed by atoms with Gasteiger partial charge in [0.2, 0.25) is 0 Å². The molecule has 0 spiro atoms. The van der Waals surface area contributed by atoms with Gasteiger partial charge >= 0.3 is 0 Å². The molecule has 2 atom stereocenters. The zero-order valence-corrected chi connectivity index (χ0v) is 12.1. The van der Waals surface area contributed by atoms with E-state index in [9.17, 15) is 8.78 Å². The SMILES string of the molecule is Cc1ccc(F)cc1C1CCNCC1c1ccccc1F. The highest BCUT2D eigenvalue weighted by Crippen LogP contribution is 2.39. The minimum atomic E-state index is -0.221. The van der Waals surface area contributed by atoms with Crippen molar-refractivity contribution < 1.29 is 8.78 Å². The highest BCUT2D eigenvalue weighted by molar-refractivity contribution is 5.35. The zero-order chi connectivity index (χ0) is 14.8. The Labute approximate surface area is 124 Å². The molecule has 2 aromatic rings. The van der Waals surface area contributed by atoms with Gasteiger partial charge in [0.15, 0.2) is 0 Å². The van der Waals surface area contributed by atoms with Crippen LogP contribution in [0.2, 0.25) is 0 Å². The van der Waals surface area contributed by atoms with Crippen LogP contribution in [0.3, 0.4) is 0 Å². The Morgan fingerprint density at radius 1 is 1.00 bits per heavy atom. The maximum atomic E-state index is 14.1. The van der Waals surface area contributed by atoms with Crippen molar-refractivity contribution in [3.63, 3.8) is 0 Å². The van der Waals surface area contributed by atoms with E-state index in [1.54, 1.807) is 12.1 Å². The van der Waals surface area contributed by atoms with Crippen LogP contribution in [-0.4, -0.2) is 13.1 Å². The molecule has 0 aliphatic carbocycles. The summed E-state index contributed by atoms with van der Waals surface area (Å²) in [4.78, 5) is 0. The third-order valence-electron chi connectivity index (χ3n) is 4.43. The van der Waals surface area contributed by atoms with Crippen LogP contribution in [-0.2, 0) is 0 Å². The lowest BCUT2D eigenvalue weighted by atomic mass is 9.76. The van der Waals surface area contributed by atoms with Crippen LogP contribution >= 0.6 is 0 Å². The van der Waals surface area contributed by atoms with Crippen molar-refractivity contribution in [2.75, 3.05) is 13.1 Å². The molecule has 1 aliphatic heterocycles. The van der Waals surface area contributed by atoms with E-state index in [4.69, 9.17) is 0 Å². The summed E-state index contributed by atoms with van der Waals surface area (Å²) in [6.45, 7) is 3.60. The average Bonchev–Trinajstić information content (AvgIpc) is 2.50. The molecule has 1 aliphatic rings. The van der Waals surface area contributed by atoms with Crippen molar-refractivity contribution in [2.45, 2.75) is 25.2 Å². The summed E-state index contributed by atoms with van der Waals surface area (Å²) < 4.78 is 27.8. The van der Waals surface area contributed by atoms with Gasteiger partial charge in [-0.3, -0.25) is 0 Å². The lowest BCUT2D eigenvalue weighted by molar-refractivity contribution is 0.391. The van der Waals surface area contributed by atoms with E-state index >= 15 is 0 Å². The Morgan fingerprint density at radius 2 is 1.81 bits per heavy atom. The van der Waals surface area contributed by atoms with E-state index in [1.807, 2.05) is 25.1 Å². The maximum absolute atomic E-state index is 14.1. The van der Waals surface area contributed by atoms with Crippen molar-refractivity contribution in [3.05, 3.63) is 70.8 Å². The molecule has 1 heterocycles. The fourth-order valence-electron chi connectivity index (χ4n) is 3.34. The lowest BCUT2D eigenvalue weighted by Crippen LogP contribution is -2.34. The second-order valence-electron chi connectivity index (χ2n) is 5.73. The molecule has 1 fully saturated rings. The summed E-state index contributed by atoms with van der Waals surface area (Å²) in [5.74, 6) is -0.203. The molecular formula is C18H19F2N. The van der Waals surface area contributed by atoms with Gasteiger partial charge in [-0.1, -0.05) is 24.3 Å². The third kappa shape index (κ3) is 2.84. The van der Waals surface area contributed by atoms with Crippen molar-refractivity contribution in [1.82, 2.24) is 5.32 Å². The molecule has 3 rings (SSSR count). The molecule has 1 nitrogen and oxygen atoms in total. The largest absolute Gasteiger partial charge is 0.316 e. The summed E-state index contributed by atoms with van der Waals surface area (Å²) >= 11 is 0. The third-order valence-corrected chi connectivity index (χ3v) is 4.43. The van der Waals surface area contributed by atoms with Crippen LogP contribution in [0.4, 0.5) is 8.78 Å². The highest BCUT2D eigenvalue weighted by Gasteiger charge is 2.30. The molecule has 0 amide bonds. The topological polar surface area (TPSA) is 12.0 Å². The Morgan fingerprint density at radius 3 is 2.62 bits per heavy atom. The maximum Gasteiger partial charge on any atom is 0.126 e. The van der Waals surface area contributed by atoms with Gasteiger partial charge in [0.1, 0.15) is 11.6 Å². The minimum Gasteiger partial charge on any atom is -0.316 e. The highest BCUT2D eigenvalue weighted by atomic mass is 19.1. The van der Waals surface area contributed by atoms with Crippen molar-refractivity contribution in [1.29, 1.82) is 0 Å². The molecule has 3 heteroatoms. The van der Waals surface area contributed by atoms with E-state index < -0.39 is 0 Å². The Bertz CT molecular complexity index is 639. The second kappa shape index (κ2) is 5.94. The van der Waals surface area contributed by atoms with Crippen molar-refractivity contribution in [3.8, 4) is 0 Å². The summed E-state index contributed by atoms with van der Waals surface area (Å²) in [6, 6.07) is 11.8. The number of aryl methyl sites for hydroxylation is 1. The molecule has 110 valence electrons. The smallest absolute Gasteiger partial charge is 0.126 e. The molecule has 2 aromatic carbocycles. The van der Waals surface area contributed by atoms with E-state index in [-0.39, 0.29) is 23.5 Å². The molecule has 0 radical (unpaired) electrons. The van der Waals surface area contributed by atoms with Gasteiger partial charge in [-0.25, -0.2) is 8.78 Å². The molecule has 2 unspecified atom stereocenters. The quantitative estimate of drug-likeness (QED) is 0.875. The first-order chi connectivity index (χ1) is 10.2. The molecule has 0 bridgehead atoms. The van der Waals surface area contributed by atoms with Gasteiger partial charge < -0.3 is 5.32 Å². The molecule has 0 aromatic heterocycles.